The minimum absolute atomic E-state index is 0.0249. The second-order valence-electron chi connectivity index (χ2n) is 7.19. The Morgan fingerprint density at radius 3 is 2.81 bits per heavy atom. The molecule has 1 saturated heterocycles. The van der Waals surface area contributed by atoms with E-state index in [1.54, 1.807) is 12.4 Å². The quantitative estimate of drug-likeness (QED) is 0.756. The molecular weight excluding hydrogens is 342 g/mol. The van der Waals surface area contributed by atoms with Crippen LogP contribution in [0, 0.1) is 0 Å². The molecule has 0 unspecified atom stereocenters. The van der Waals surface area contributed by atoms with Gasteiger partial charge in [-0.15, -0.1) is 0 Å². The average Bonchev–Trinajstić information content (AvgIpc) is 3.34. The predicted octanol–water partition coefficient (Wildman–Crippen LogP) is 1.48. The van der Waals surface area contributed by atoms with E-state index >= 15 is 0 Å². The van der Waals surface area contributed by atoms with Crippen LogP contribution in [0.3, 0.4) is 0 Å². The Bertz CT molecular complexity index is 962. The Hall–Kier alpha value is -2.64. The number of imidazole rings is 1. The highest BCUT2D eigenvalue weighted by Gasteiger charge is 2.20. The smallest absolute Gasteiger partial charge is 0.155 e. The number of hydrogen-bond acceptors (Lipinski definition) is 6. The van der Waals surface area contributed by atoms with Crippen LogP contribution >= 0.6 is 0 Å². The summed E-state index contributed by atoms with van der Waals surface area (Å²) in [7, 11) is 0. The van der Waals surface area contributed by atoms with Gasteiger partial charge in [-0.25, -0.2) is 9.97 Å². The summed E-state index contributed by atoms with van der Waals surface area (Å²) in [5, 5.41) is 9.45. The van der Waals surface area contributed by atoms with Crippen molar-refractivity contribution in [3.8, 4) is 5.75 Å². The predicted molar refractivity (Wildman–Crippen MR) is 102 cm³/mol. The Kier molecular flexibility index (Phi) is 4.18. The van der Waals surface area contributed by atoms with Crippen molar-refractivity contribution < 1.29 is 9.84 Å². The lowest BCUT2D eigenvalue weighted by atomic mass is 10.1. The van der Waals surface area contributed by atoms with Gasteiger partial charge in [0.25, 0.3) is 0 Å². The summed E-state index contributed by atoms with van der Waals surface area (Å²) in [6.07, 6.45) is 6.46. The summed E-state index contributed by atoms with van der Waals surface area (Å²) in [6, 6.07) is 6.63. The highest BCUT2D eigenvalue weighted by atomic mass is 16.5. The molecule has 27 heavy (non-hydrogen) atoms. The minimum atomic E-state index is -0.0249. The van der Waals surface area contributed by atoms with Crippen LogP contribution in [-0.2, 0) is 19.6 Å². The normalized spacial score (nSPS) is 17.3. The fraction of sp³-hybridized carbons (Fsp3) is 0.400. The van der Waals surface area contributed by atoms with Gasteiger partial charge in [0, 0.05) is 39.1 Å². The van der Waals surface area contributed by atoms with Crippen molar-refractivity contribution in [2.24, 2.45) is 0 Å². The minimum Gasteiger partial charge on any atom is -0.493 e. The third kappa shape index (κ3) is 3.13. The molecule has 0 aliphatic carbocycles. The van der Waals surface area contributed by atoms with Crippen molar-refractivity contribution in [2.45, 2.75) is 19.6 Å². The van der Waals surface area contributed by atoms with Gasteiger partial charge in [-0.2, -0.15) is 0 Å². The second-order valence-corrected chi connectivity index (χ2v) is 7.19. The lowest BCUT2D eigenvalue weighted by Gasteiger charge is -2.35. The first-order chi connectivity index (χ1) is 13.3. The van der Waals surface area contributed by atoms with Crippen LogP contribution in [0.25, 0.3) is 5.65 Å². The van der Waals surface area contributed by atoms with E-state index in [-0.39, 0.29) is 6.61 Å². The number of nitrogens with zero attached hydrogens (tertiary/aromatic N) is 5. The van der Waals surface area contributed by atoms with Gasteiger partial charge in [-0.1, -0.05) is 12.1 Å². The molecule has 2 aliphatic heterocycles. The molecule has 3 aromatic rings. The highest BCUT2D eigenvalue weighted by molar-refractivity contribution is 5.46. The molecule has 7 nitrogen and oxygen atoms in total. The van der Waals surface area contributed by atoms with Gasteiger partial charge in [-0.3, -0.25) is 9.30 Å². The Morgan fingerprint density at radius 2 is 1.96 bits per heavy atom. The molecule has 140 valence electrons. The van der Waals surface area contributed by atoms with E-state index in [1.807, 2.05) is 10.6 Å². The molecule has 0 amide bonds. The SMILES string of the molecule is OCc1cnc2cnc(N3CCN(Cc4ccc5c(c4)OCC5)CC3)cn12. The molecular formula is C20H23N5O2. The van der Waals surface area contributed by atoms with E-state index in [4.69, 9.17) is 4.74 Å². The first-order valence-corrected chi connectivity index (χ1v) is 9.45. The summed E-state index contributed by atoms with van der Waals surface area (Å²) < 4.78 is 7.61. The maximum atomic E-state index is 9.45. The number of piperazine rings is 1. The molecule has 5 rings (SSSR count). The molecule has 0 atom stereocenters. The highest BCUT2D eigenvalue weighted by Crippen LogP contribution is 2.27. The monoisotopic (exact) mass is 365 g/mol. The number of hydrogen-bond donors (Lipinski definition) is 1. The zero-order valence-electron chi connectivity index (χ0n) is 15.2. The number of aliphatic hydroxyl groups is 1. The second kappa shape index (κ2) is 6.83. The largest absolute Gasteiger partial charge is 0.493 e. The summed E-state index contributed by atoms with van der Waals surface area (Å²) in [6.45, 7) is 5.59. The summed E-state index contributed by atoms with van der Waals surface area (Å²) >= 11 is 0. The van der Waals surface area contributed by atoms with Gasteiger partial charge in [0.1, 0.15) is 11.6 Å². The molecule has 1 aromatic carbocycles. The molecule has 1 N–H and O–H groups in total. The van der Waals surface area contributed by atoms with Gasteiger partial charge in [0.15, 0.2) is 5.65 Å². The summed E-state index contributed by atoms with van der Waals surface area (Å²) in [5.41, 5.74) is 4.19. The maximum Gasteiger partial charge on any atom is 0.155 e. The average molecular weight is 365 g/mol. The van der Waals surface area contributed by atoms with Crippen molar-refractivity contribution in [1.82, 2.24) is 19.3 Å². The van der Waals surface area contributed by atoms with Crippen LogP contribution in [0.15, 0.2) is 36.8 Å². The number of anilines is 1. The van der Waals surface area contributed by atoms with Gasteiger partial charge in [0.05, 0.1) is 37.5 Å². The molecule has 4 heterocycles. The van der Waals surface area contributed by atoms with Crippen molar-refractivity contribution in [1.29, 1.82) is 0 Å². The van der Waals surface area contributed by atoms with E-state index in [0.29, 0.717) is 0 Å². The number of rotatable bonds is 4. The van der Waals surface area contributed by atoms with E-state index in [9.17, 15) is 5.11 Å². The Morgan fingerprint density at radius 1 is 1.07 bits per heavy atom. The zero-order valence-corrected chi connectivity index (χ0v) is 15.2. The third-order valence-electron chi connectivity index (χ3n) is 5.48. The molecule has 0 saturated carbocycles. The van der Waals surface area contributed by atoms with Gasteiger partial charge < -0.3 is 14.7 Å². The Balaban J connectivity index is 1.25. The van der Waals surface area contributed by atoms with Gasteiger partial charge >= 0.3 is 0 Å². The van der Waals surface area contributed by atoms with Crippen molar-refractivity contribution in [3.63, 3.8) is 0 Å². The van der Waals surface area contributed by atoms with Gasteiger partial charge in [0.2, 0.25) is 0 Å². The number of aliphatic hydroxyl groups excluding tert-OH is 1. The first kappa shape index (κ1) is 16.5. The fourth-order valence-electron chi connectivity index (χ4n) is 3.91. The Labute approximate surface area is 157 Å². The molecule has 0 radical (unpaired) electrons. The molecule has 0 spiro atoms. The summed E-state index contributed by atoms with van der Waals surface area (Å²) in [5.74, 6) is 1.99. The summed E-state index contributed by atoms with van der Waals surface area (Å²) in [4.78, 5) is 13.6. The van der Waals surface area contributed by atoms with Crippen LogP contribution in [0.2, 0.25) is 0 Å². The molecule has 1 fully saturated rings. The number of aromatic nitrogens is 3. The lowest BCUT2D eigenvalue weighted by Crippen LogP contribution is -2.46. The fourth-order valence-corrected chi connectivity index (χ4v) is 3.91. The lowest BCUT2D eigenvalue weighted by molar-refractivity contribution is 0.249. The van der Waals surface area contributed by atoms with Crippen LogP contribution in [-0.4, -0.2) is 57.2 Å². The topological polar surface area (TPSA) is 66.1 Å². The number of benzene rings is 1. The first-order valence-electron chi connectivity index (χ1n) is 9.45. The van der Waals surface area contributed by atoms with E-state index in [2.05, 4.69) is 38.0 Å². The van der Waals surface area contributed by atoms with Crippen LogP contribution < -0.4 is 9.64 Å². The number of ether oxygens (including phenoxy) is 1. The van der Waals surface area contributed by atoms with Crippen molar-refractivity contribution in [3.05, 3.63) is 53.6 Å². The molecule has 0 bridgehead atoms. The van der Waals surface area contributed by atoms with E-state index < -0.39 is 0 Å². The van der Waals surface area contributed by atoms with E-state index in [1.165, 1.54) is 11.1 Å². The van der Waals surface area contributed by atoms with E-state index in [0.717, 1.165) is 68.7 Å². The molecule has 7 heteroatoms. The van der Waals surface area contributed by atoms with Crippen molar-refractivity contribution in [2.75, 3.05) is 37.7 Å². The standard InChI is InChI=1S/C20H23N5O2/c26-14-17-10-21-19-11-22-20(13-25(17)19)24-6-4-23(5-7-24)12-15-1-2-16-3-8-27-18(16)9-15/h1-2,9-11,13,26H,3-8,12,14H2. The van der Waals surface area contributed by atoms with Crippen molar-refractivity contribution >= 4 is 11.5 Å². The van der Waals surface area contributed by atoms with Gasteiger partial charge in [-0.05, 0) is 17.2 Å². The number of fused-ring (bicyclic) bond motifs is 2. The zero-order chi connectivity index (χ0) is 18.2. The van der Waals surface area contributed by atoms with Crippen LogP contribution in [0.5, 0.6) is 5.75 Å². The molecule has 2 aromatic heterocycles. The van der Waals surface area contributed by atoms with Crippen LogP contribution in [0.4, 0.5) is 5.82 Å². The third-order valence-corrected chi connectivity index (χ3v) is 5.48. The maximum absolute atomic E-state index is 9.45. The van der Waals surface area contributed by atoms with Crippen LogP contribution in [0.1, 0.15) is 16.8 Å². The molecule has 2 aliphatic rings.